The Hall–Kier alpha value is -2.60. The van der Waals surface area contributed by atoms with Crippen LogP contribution < -0.4 is 5.32 Å². The molecule has 1 amide bonds. The Morgan fingerprint density at radius 2 is 1.87 bits per heavy atom. The van der Waals surface area contributed by atoms with Gasteiger partial charge >= 0.3 is 0 Å². The largest absolute Gasteiger partial charge is 0.320 e. The fourth-order valence-corrected chi connectivity index (χ4v) is 3.22. The van der Waals surface area contributed by atoms with E-state index in [2.05, 4.69) is 32.4 Å². The van der Waals surface area contributed by atoms with Crippen molar-refractivity contribution in [2.75, 3.05) is 5.32 Å². The first kappa shape index (κ1) is 15.3. The molecule has 0 saturated heterocycles. The molecule has 0 spiro atoms. The highest BCUT2D eigenvalue weighted by atomic mass is 32.1. The molecule has 2 heterocycles. The van der Waals surface area contributed by atoms with Gasteiger partial charge in [-0.3, -0.25) is 14.8 Å². The normalized spacial score (nSPS) is 10.6. The van der Waals surface area contributed by atoms with Crippen molar-refractivity contribution < 1.29 is 4.79 Å². The Morgan fingerprint density at radius 3 is 2.52 bits per heavy atom. The van der Waals surface area contributed by atoms with Gasteiger partial charge in [-0.05, 0) is 31.9 Å². The van der Waals surface area contributed by atoms with E-state index < -0.39 is 0 Å². The summed E-state index contributed by atoms with van der Waals surface area (Å²) in [5, 5.41) is 5.37. The highest BCUT2D eigenvalue weighted by Gasteiger charge is 2.15. The number of carbonyl (C=O) groups is 1. The second-order valence-corrected chi connectivity index (χ2v) is 6.21. The zero-order chi connectivity index (χ0) is 16.4. The smallest absolute Gasteiger partial charge is 0.275 e. The van der Waals surface area contributed by atoms with E-state index in [1.54, 1.807) is 24.0 Å². The number of amides is 1. The van der Waals surface area contributed by atoms with Crippen molar-refractivity contribution in [2.24, 2.45) is 0 Å². The van der Waals surface area contributed by atoms with Crippen molar-refractivity contribution in [1.82, 2.24) is 15.0 Å². The summed E-state index contributed by atoms with van der Waals surface area (Å²) in [6.07, 6.45) is 4.85. The number of hydrogen-bond donors (Lipinski definition) is 1. The van der Waals surface area contributed by atoms with Crippen LogP contribution in [0.4, 0.5) is 5.69 Å². The van der Waals surface area contributed by atoms with Crippen LogP contribution in [0, 0.1) is 20.8 Å². The van der Waals surface area contributed by atoms with Gasteiger partial charge < -0.3 is 5.32 Å². The van der Waals surface area contributed by atoms with Gasteiger partial charge in [0.1, 0.15) is 16.4 Å². The number of anilines is 1. The van der Waals surface area contributed by atoms with Crippen molar-refractivity contribution >= 4 is 22.9 Å². The summed E-state index contributed by atoms with van der Waals surface area (Å²) in [6, 6.07) is 4.10. The minimum absolute atomic E-state index is 0.216. The molecule has 5 nitrogen and oxygen atoms in total. The van der Waals surface area contributed by atoms with Crippen molar-refractivity contribution in [3.63, 3.8) is 0 Å². The molecule has 116 valence electrons. The van der Waals surface area contributed by atoms with E-state index in [1.165, 1.54) is 16.9 Å². The number of hydrogen-bond acceptors (Lipinski definition) is 5. The number of aromatic nitrogens is 3. The zero-order valence-corrected chi connectivity index (χ0v) is 13.9. The van der Waals surface area contributed by atoms with Gasteiger partial charge in [-0.2, -0.15) is 0 Å². The van der Waals surface area contributed by atoms with Gasteiger partial charge in [0.15, 0.2) is 0 Å². The Kier molecular flexibility index (Phi) is 4.16. The van der Waals surface area contributed by atoms with Crippen molar-refractivity contribution in [3.8, 4) is 10.7 Å². The molecule has 0 atom stereocenters. The first-order valence-corrected chi connectivity index (χ1v) is 8.03. The number of nitrogens with one attached hydrogen (secondary N) is 1. The SMILES string of the molecule is Cc1cc(C)c(NC(=O)c2csc(-c3cnccn3)n2)c(C)c1. The van der Waals surface area contributed by atoms with Gasteiger partial charge in [0, 0.05) is 23.5 Å². The Balaban J connectivity index is 1.84. The molecule has 1 N–H and O–H groups in total. The maximum Gasteiger partial charge on any atom is 0.275 e. The number of carbonyl (C=O) groups excluding carboxylic acids is 1. The minimum Gasteiger partial charge on any atom is -0.320 e. The molecule has 0 aliphatic carbocycles. The summed E-state index contributed by atoms with van der Waals surface area (Å²) < 4.78 is 0. The second-order valence-electron chi connectivity index (χ2n) is 5.36. The third-order valence-corrected chi connectivity index (χ3v) is 4.30. The Labute approximate surface area is 138 Å². The average molecular weight is 324 g/mol. The van der Waals surface area contributed by atoms with E-state index in [-0.39, 0.29) is 5.91 Å². The highest BCUT2D eigenvalue weighted by molar-refractivity contribution is 7.13. The van der Waals surface area contributed by atoms with Crippen LogP contribution in [0.5, 0.6) is 0 Å². The molecule has 0 radical (unpaired) electrons. The second kappa shape index (κ2) is 6.26. The van der Waals surface area contributed by atoms with Gasteiger partial charge in [-0.1, -0.05) is 17.7 Å². The standard InChI is InChI=1S/C17H16N4OS/c1-10-6-11(2)15(12(3)7-10)21-16(22)14-9-23-17(20-14)13-8-18-4-5-19-13/h4-9H,1-3H3,(H,21,22). The van der Waals surface area contributed by atoms with Gasteiger partial charge in [0.25, 0.3) is 5.91 Å². The molecular weight excluding hydrogens is 308 g/mol. The fraction of sp³-hybridized carbons (Fsp3) is 0.176. The summed E-state index contributed by atoms with van der Waals surface area (Å²) in [4.78, 5) is 25.0. The molecule has 0 aliphatic heterocycles. The van der Waals surface area contributed by atoms with Gasteiger partial charge in [0.2, 0.25) is 0 Å². The Morgan fingerprint density at radius 1 is 1.13 bits per heavy atom. The van der Waals surface area contributed by atoms with Crippen LogP contribution in [-0.2, 0) is 0 Å². The maximum atomic E-state index is 12.4. The summed E-state index contributed by atoms with van der Waals surface area (Å²) in [7, 11) is 0. The molecule has 0 fully saturated rings. The highest BCUT2D eigenvalue weighted by Crippen LogP contribution is 2.24. The van der Waals surface area contributed by atoms with Gasteiger partial charge in [0.05, 0.1) is 6.20 Å². The lowest BCUT2D eigenvalue weighted by Gasteiger charge is -2.11. The van der Waals surface area contributed by atoms with Crippen LogP contribution in [-0.4, -0.2) is 20.9 Å². The average Bonchev–Trinajstić information content (AvgIpc) is 3.01. The van der Waals surface area contributed by atoms with Gasteiger partial charge in [-0.15, -0.1) is 11.3 Å². The summed E-state index contributed by atoms with van der Waals surface area (Å²) in [6.45, 7) is 6.02. The number of benzene rings is 1. The van der Waals surface area contributed by atoms with Gasteiger partial charge in [-0.25, -0.2) is 4.98 Å². The van der Waals surface area contributed by atoms with E-state index >= 15 is 0 Å². The molecule has 0 aliphatic rings. The zero-order valence-electron chi connectivity index (χ0n) is 13.1. The maximum absolute atomic E-state index is 12.4. The topological polar surface area (TPSA) is 67.8 Å². The van der Waals surface area contributed by atoms with E-state index in [1.807, 2.05) is 20.8 Å². The number of aryl methyl sites for hydroxylation is 3. The molecule has 3 rings (SSSR count). The van der Waals surface area contributed by atoms with Crippen molar-refractivity contribution in [3.05, 3.63) is 58.5 Å². The third-order valence-electron chi connectivity index (χ3n) is 3.43. The molecule has 23 heavy (non-hydrogen) atoms. The predicted octanol–water partition coefficient (Wildman–Crippen LogP) is 3.78. The van der Waals surface area contributed by atoms with Crippen LogP contribution in [0.3, 0.4) is 0 Å². The van der Waals surface area contributed by atoms with Crippen LogP contribution in [0.15, 0.2) is 36.1 Å². The van der Waals surface area contributed by atoms with Crippen LogP contribution in [0.1, 0.15) is 27.2 Å². The van der Waals surface area contributed by atoms with Crippen molar-refractivity contribution in [2.45, 2.75) is 20.8 Å². The quantitative estimate of drug-likeness (QED) is 0.796. The Bertz CT molecular complexity index is 835. The molecule has 1 aromatic carbocycles. The molecule has 0 unspecified atom stereocenters. The summed E-state index contributed by atoms with van der Waals surface area (Å²) in [5.74, 6) is -0.216. The van der Waals surface area contributed by atoms with E-state index in [0.717, 1.165) is 16.8 Å². The predicted molar refractivity (Wildman–Crippen MR) is 91.7 cm³/mol. The van der Waals surface area contributed by atoms with E-state index in [4.69, 9.17) is 0 Å². The first-order valence-electron chi connectivity index (χ1n) is 7.15. The molecule has 2 aromatic heterocycles. The molecule has 6 heteroatoms. The minimum atomic E-state index is -0.216. The number of nitrogens with zero attached hydrogens (tertiary/aromatic N) is 3. The molecule has 3 aromatic rings. The monoisotopic (exact) mass is 324 g/mol. The summed E-state index contributed by atoms with van der Waals surface area (Å²) in [5.41, 5.74) is 5.15. The van der Waals surface area contributed by atoms with Crippen molar-refractivity contribution in [1.29, 1.82) is 0 Å². The van der Waals surface area contributed by atoms with Crippen LogP contribution in [0.2, 0.25) is 0 Å². The van der Waals surface area contributed by atoms with Crippen LogP contribution in [0.25, 0.3) is 10.7 Å². The number of thiazole rings is 1. The fourth-order valence-electron chi connectivity index (χ4n) is 2.46. The third kappa shape index (κ3) is 3.27. The van der Waals surface area contributed by atoms with E-state index in [9.17, 15) is 4.79 Å². The lowest BCUT2D eigenvalue weighted by atomic mass is 10.1. The molecular formula is C17H16N4OS. The first-order chi connectivity index (χ1) is 11.0. The lowest BCUT2D eigenvalue weighted by molar-refractivity contribution is 0.102. The summed E-state index contributed by atoms with van der Waals surface area (Å²) >= 11 is 1.38. The lowest BCUT2D eigenvalue weighted by Crippen LogP contribution is -2.14. The molecule has 0 bridgehead atoms. The van der Waals surface area contributed by atoms with E-state index in [0.29, 0.717) is 16.4 Å². The van der Waals surface area contributed by atoms with Crippen LogP contribution >= 0.6 is 11.3 Å². The number of rotatable bonds is 3. The molecule has 0 saturated carbocycles.